The summed E-state index contributed by atoms with van der Waals surface area (Å²) in [6.07, 6.45) is 1.68. The molecular weight excluding hydrogens is 340 g/mol. The summed E-state index contributed by atoms with van der Waals surface area (Å²) in [4.78, 5) is 35.3. The number of carbonyl (C=O) groups excluding carboxylic acids is 2. The van der Waals surface area contributed by atoms with E-state index in [4.69, 9.17) is 12.2 Å². The monoisotopic (exact) mass is 352 g/mol. The lowest BCUT2D eigenvalue weighted by Crippen LogP contribution is -2.30. The van der Waals surface area contributed by atoms with Gasteiger partial charge in [0.25, 0.3) is 11.6 Å². The summed E-state index contributed by atoms with van der Waals surface area (Å²) in [5.41, 5.74) is 0.636. The van der Waals surface area contributed by atoms with Crippen LogP contribution in [0.15, 0.2) is 29.2 Å². The number of nitro groups is 1. The molecule has 0 aromatic heterocycles. The van der Waals surface area contributed by atoms with E-state index < -0.39 is 10.9 Å². The third kappa shape index (κ3) is 4.14. The highest BCUT2D eigenvalue weighted by molar-refractivity contribution is 8.26. The van der Waals surface area contributed by atoms with Crippen molar-refractivity contribution in [2.24, 2.45) is 0 Å². The second kappa shape index (κ2) is 7.34. The van der Waals surface area contributed by atoms with Crippen molar-refractivity contribution in [3.63, 3.8) is 0 Å². The third-order valence-electron chi connectivity index (χ3n) is 3.04. The minimum Gasteiger partial charge on any atom is -0.469 e. The number of thiocarbonyl (C=S) groups is 1. The van der Waals surface area contributed by atoms with Crippen LogP contribution in [0.4, 0.5) is 5.69 Å². The van der Waals surface area contributed by atoms with Crippen LogP contribution in [-0.2, 0) is 14.3 Å². The molecule has 1 fully saturated rings. The zero-order valence-electron chi connectivity index (χ0n) is 12.1. The number of nitro benzene ring substituents is 1. The molecule has 0 bridgehead atoms. The average Bonchev–Trinajstić information content (AvgIpc) is 2.79. The molecule has 0 N–H and O–H groups in total. The Kier molecular flexibility index (Phi) is 5.45. The first-order valence-electron chi connectivity index (χ1n) is 6.49. The van der Waals surface area contributed by atoms with E-state index >= 15 is 0 Å². The molecule has 9 heteroatoms. The number of non-ortho nitro benzene ring substituents is 1. The van der Waals surface area contributed by atoms with Crippen LogP contribution >= 0.6 is 24.0 Å². The molecule has 1 heterocycles. The Hall–Kier alpha value is -2.26. The molecule has 23 heavy (non-hydrogen) atoms. The fraction of sp³-hybridized carbons (Fsp3) is 0.214. The fourth-order valence-electron chi connectivity index (χ4n) is 1.84. The minimum atomic E-state index is -0.490. The second-order valence-electron chi connectivity index (χ2n) is 4.51. The fourth-order valence-corrected chi connectivity index (χ4v) is 3.15. The topological polar surface area (TPSA) is 89.8 Å². The van der Waals surface area contributed by atoms with Gasteiger partial charge < -0.3 is 4.74 Å². The van der Waals surface area contributed by atoms with Gasteiger partial charge in [-0.1, -0.05) is 24.0 Å². The largest absolute Gasteiger partial charge is 0.469 e. The van der Waals surface area contributed by atoms with Crippen LogP contribution < -0.4 is 0 Å². The summed E-state index contributed by atoms with van der Waals surface area (Å²) >= 11 is 6.27. The number of hydrogen-bond donors (Lipinski definition) is 0. The zero-order valence-corrected chi connectivity index (χ0v) is 13.7. The van der Waals surface area contributed by atoms with Crippen molar-refractivity contribution in [1.29, 1.82) is 0 Å². The number of thioether (sulfide) groups is 1. The lowest BCUT2D eigenvalue weighted by atomic mass is 10.2. The summed E-state index contributed by atoms with van der Waals surface area (Å²) in [5.74, 6) is -0.708. The number of hydrogen-bond acceptors (Lipinski definition) is 7. The van der Waals surface area contributed by atoms with Crippen molar-refractivity contribution in [3.8, 4) is 0 Å². The molecule has 7 nitrogen and oxygen atoms in total. The first-order valence-corrected chi connectivity index (χ1v) is 7.71. The van der Waals surface area contributed by atoms with Gasteiger partial charge in [-0.15, -0.1) is 0 Å². The number of ether oxygens (including phenoxy) is 1. The van der Waals surface area contributed by atoms with Crippen molar-refractivity contribution in [1.82, 2.24) is 4.90 Å². The van der Waals surface area contributed by atoms with Crippen LogP contribution in [-0.4, -0.2) is 39.7 Å². The van der Waals surface area contributed by atoms with Gasteiger partial charge in [0.15, 0.2) is 0 Å². The lowest BCUT2D eigenvalue weighted by Gasteiger charge is -2.12. The van der Waals surface area contributed by atoms with Crippen LogP contribution in [0.2, 0.25) is 0 Å². The van der Waals surface area contributed by atoms with Crippen LogP contribution in [0.5, 0.6) is 0 Å². The van der Waals surface area contributed by atoms with E-state index in [0.29, 0.717) is 14.8 Å². The van der Waals surface area contributed by atoms with E-state index in [1.807, 2.05) is 0 Å². The minimum absolute atomic E-state index is 0.0206. The van der Waals surface area contributed by atoms with Crippen molar-refractivity contribution >= 4 is 51.9 Å². The van der Waals surface area contributed by atoms with Crippen molar-refractivity contribution in [2.75, 3.05) is 13.7 Å². The first kappa shape index (κ1) is 17.1. The Bertz CT molecular complexity index is 700. The summed E-state index contributed by atoms with van der Waals surface area (Å²) in [7, 11) is 1.28. The van der Waals surface area contributed by atoms with Gasteiger partial charge >= 0.3 is 5.97 Å². The molecule has 1 amide bonds. The van der Waals surface area contributed by atoms with E-state index in [-0.39, 0.29) is 24.6 Å². The summed E-state index contributed by atoms with van der Waals surface area (Å²) in [5, 5.41) is 10.6. The highest BCUT2D eigenvalue weighted by atomic mass is 32.2. The molecule has 0 radical (unpaired) electrons. The maximum Gasteiger partial charge on any atom is 0.307 e. The summed E-state index contributed by atoms with van der Waals surface area (Å²) in [6, 6.07) is 5.84. The molecule has 0 saturated carbocycles. The second-order valence-corrected chi connectivity index (χ2v) is 6.18. The van der Waals surface area contributed by atoms with Gasteiger partial charge in [-0.3, -0.25) is 24.6 Å². The molecule has 0 atom stereocenters. The van der Waals surface area contributed by atoms with E-state index in [1.165, 1.54) is 24.1 Å². The van der Waals surface area contributed by atoms with Gasteiger partial charge in [-0.05, 0) is 23.8 Å². The number of carbonyl (C=O) groups is 2. The molecule has 0 aliphatic carbocycles. The summed E-state index contributed by atoms with van der Waals surface area (Å²) < 4.78 is 4.90. The Morgan fingerprint density at radius 1 is 1.43 bits per heavy atom. The maximum atomic E-state index is 12.3. The number of esters is 1. The van der Waals surface area contributed by atoms with Gasteiger partial charge in [0.1, 0.15) is 4.32 Å². The van der Waals surface area contributed by atoms with E-state index in [9.17, 15) is 19.7 Å². The van der Waals surface area contributed by atoms with Gasteiger partial charge in [-0.25, -0.2) is 0 Å². The van der Waals surface area contributed by atoms with E-state index in [0.717, 1.165) is 11.8 Å². The smallest absolute Gasteiger partial charge is 0.307 e. The predicted molar refractivity (Wildman–Crippen MR) is 89.6 cm³/mol. The van der Waals surface area contributed by atoms with Gasteiger partial charge in [0.2, 0.25) is 0 Å². The SMILES string of the molecule is COC(=O)CCN1C(=O)/C(=C\c2ccc([N+](=O)[O-])cc2)SC1=S. The first-order chi connectivity index (χ1) is 10.9. The number of amides is 1. The van der Waals surface area contributed by atoms with Gasteiger partial charge in [0.05, 0.1) is 23.4 Å². The molecule has 1 aliphatic rings. The molecule has 0 spiro atoms. The number of rotatable bonds is 5. The molecule has 2 rings (SSSR count). The summed E-state index contributed by atoms with van der Waals surface area (Å²) in [6.45, 7) is 0.162. The van der Waals surface area contributed by atoms with Crippen LogP contribution in [0.3, 0.4) is 0 Å². The molecule has 1 aliphatic heterocycles. The Morgan fingerprint density at radius 2 is 2.09 bits per heavy atom. The molecule has 1 aromatic rings. The Labute approximate surface area is 141 Å². The third-order valence-corrected chi connectivity index (χ3v) is 4.42. The Balaban J connectivity index is 2.11. The van der Waals surface area contributed by atoms with Crippen molar-refractivity contribution in [3.05, 3.63) is 44.8 Å². The molecule has 0 unspecified atom stereocenters. The maximum absolute atomic E-state index is 12.3. The van der Waals surface area contributed by atoms with E-state index in [2.05, 4.69) is 4.74 Å². The van der Waals surface area contributed by atoms with Gasteiger partial charge in [0, 0.05) is 18.7 Å². The Morgan fingerprint density at radius 3 is 2.65 bits per heavy atom. The van der Waals surface area contributed by atoms with E-state index in [1.54, 1.807) is 18.2 Å². The van der Waals surface area contributed by atoms with Crippen LogP contribution in [0, 0.1) is 10.1 Å². The van der Waals surface area contributed by atoms with Crippen LogP contribution in [0.1, 0.15) is 12.0 Å². The molecule has 120 valence electrons. The van der Waals surface area contributed by atoms with Crippen LogP contribution in [0.25, 0.3) is 6.08 Å². The van der Waals surface area contributed by atoms with Crippen molar-refractivity contribution in [2.45, 2.75) is 6.42 Å². The number of methoxy groups -OCH3 is 1. The number of benzene rings is 1. The normalized spacial score (nSPS) is 16.0. The predicted octanol–water partition coefficient (Wildman–Crippen LogP) is 2.36. The molecular formula is C14H12N2O5S2. The van der Waals surface area contributed by atoms with Crippen molar-refractivity contribution < 1.29 is 19.2 Å². The number of nitrogens with zero attached hydrogens (tertiary/aromatic N) is 2. The standard InChI is InChI=1S/C14H12N2O5S2/c1-21-12(17)6-7-15-13(18)11(23-14(15)22)8-9-2-4-10(5-3-9)16(19)20/h2-5,8H,6-7H2,1H3/b11-8+. The lowest BCUT2D eigenvalue weighted by molar-refractivity contribution is -0.384. The quantitative estimate of drug-likeness (QED) is 0.264. The highest BCUT2D eigenvalue weighted by Gasteiger charge is 2.32. The van der Waals surface area contributed by atoms with Gasteiger partial charge in [-0.2, -0.15) is 0 Å². The zero-order chi connectivity index (χ0) is 17.0. The molecule has 1 aromatic carbocycles. The highest BCUT2D eigenvalue weighted by Crippen LogP contribution is 2.32. The average molecular weight is 352 g/mol. The molecule has 1 saturated heterocycles.